The fraction of sp³-hybridized carbons (Fsp3) is 0.125. The first-order valence-corrected chi connectivity index (χ1v) is 6.58. The molecule has 0 spiro atoms. The molecule has 0 saturated carbocycles. The fourth-order valence-electron chi connectivity index (χ4n) is 2.00. The van der Waals surface area contributed by atoms with Gasteiger partial charge in [-0.05, 0) is 37.3 Å². The molecule has 0 radical (unpaired) electrons. The van der Waals surface area contributed by atoms with Crippen molar-refractivity contribution in [3.05, 3.63) is 69.3 Å². The van der Waals surface area contributed by atoms with E-state index in [0.29, 0.717) is 11.1 Å². The van der Waals surface area contributed by atoms with Crippen molar-refractivity contribution in [1.29, 1.82) is 0 Å². The Balaban J connectivity index is 2.25. The summed E-state index contributed by atoms with van der Waals surface area (Å²) < 4.78 is 9.68. The lowest BCUT2D eigenvalue weighted by Gasteiger charge is -2.07. The van der Waals surface area contributed by atoms with E-state index in [0.717, 1.165) is 0 Å². The molecule has 0 aromatic heterocycles. The monoisotopic (exact) mass is 315 g/mol. The number of carbonyl (C=O) groups excluding carboxylic acids is 2. The molecular formula is C16H13NO6. The molecule has 2 aromatic rings. The number of methoxy groups -OCH3 is 1. The van der Waals surface area contributed by atoms with Gasteiger partial charge < -0.3 is 9.47 Å². The third kappa shape index (κ3) is 3.52. The Morgan fingerprint density at radius 2 is 1.70 bits per heavy atom. The van der Waals surface area contributed by atoms with Gasteiger partial charge in [-0.25, -0.2) is 9.59 Å². The molecule has 0 heterocycles. The van der Waals surface area contributed by atoms with Crippen LogP contribution in [0.2, 0.25) is 0 Å². The first-order chi connectivity index (χ1) is 10.9. The molecule has 0 aliphatic rings. The Labute approximate surface area is 131 Å². The van der Waals surface area contributed by atoms with Crippen LogP contribution in [-0.2, 0) is 4.74 Å². The molecule has 2 rings (SSSR count). The van der Waals surface area contributed by atoms with Crippen LogP contribution in [0, 0.1) is 17.0 Å². The van der Waals surface area contributed by atoms with Crippen LogP contribution in [0.4, 0.5) is 5.69 Å². The summed E-state index contributed by atoms with van der Waals surface area (Å²) in [6.07, 6.45) is 0. The lowest BCUT2D eigenvalue weighted by molar-refractivity contribution is -0.385. The minimum Gasteiger partial charge on any atom is -0.465 e. The van der Waals surface area contributed by atoms with E-state index in [4.69, 9.17) is 4.74 Å². The third-order valence-corrected chi connectivity index (χ3v) is 3.13. The first-order valence-electron chi connectivity index (χ1n) is 6.58. The summed E-state index contributed by atoms with van der Waals surface area (Å²) in [7, 11) is 1.26. The largest absolute Gasteiger partial charge is 0.465 e. The molecule has 0 unspecified atom stereocenters. The van der Waals surface area contributed by atoms with E-state index in [1.54, 1.807) is 19.1 Å². The molecule has 0 fully saturated rings. The first kappa shape index (κ1) is 16.2. The number of ether oxygens (including phenoxy) is 2. The molecule has 7 nitrogen and oxygen atoms in total. The maximum atomic E-state index is 12.1. The molecule has 0 N–H and O–H groups in total. The van der Waals surface area contributed by atoms with Gasteiger partial charge in [0.1, 0.15) is 11.3 Å². The smallest absolute Gasteiger partial charge is 0.350 e. The van der Waals surface area contributed by atoms with Crippen LogP contribution < -0.4 is 4.74 Å². The Hall–Kier alpha value is -3.22. The highest BCUT2D eigenvalue weighted by atomic mass is 16.6. The predicted molar refractivity (Wildman–Crippen MR) is 80.6 cm³/mol. The summed E-state index contributed by atoms with van der Waals surface area (Å²) in [5.41, 5.74) is 0.245. The number of hydrogen-bond donors (Lipinski definition) is 0. The fourth-order valence-corrected chi connectivity index (χ4v) is 2.00. The minimum absolute atomic E-state index is 0.132. The zero-order valence-electron chi connectivity index (χ0n) is 12.4. The standard InChI is InChI=1S/C16H13NO6/c1-10-4-3-5-13(14(10)17(20)21)16(19)23-12-8-6-11(7-9-12)15(18)22-2/h3-9H,1-2H3. The van der Waals surface area contributed by atoms with Crippen molar-refractivity contribution < 1.29 is 24.0 Å². The summed E-state index contributed by atoms with van der Waals surface area (Å²) in [5.74, 6) is -1.19. The second-order valence-electron chi connectivity index (χ2n) is 4.63. The average Bonchev–Trinajstić information content (AvgIpc) is 2.54. The van der Waals surface area contributed by atoms with Crippen LogP contribution in [0.25, 0.3) is 0 Å². The molecule has 2 aromatic carbocycles. The van der Waals surface area contributed by atoms with Crippen LogP contribution in [0.5, 0.6) is 5.75 Å². The molecule has 118 valence electrons. The number of nitro groups is 1. The Kier molecular flexibility index (Phi) is 4.70. The highest BCUT2D eigenvalue weighted by Crippen LogP contribution is 2.24. The highest BCUT2D eigenvalue weighted by molar-refractivity contribution is 5.96. The van der Waals surface area contributed by atoms with E-state index in [-0.39, 0.29) is 17.0 Å². The SMILES string of the molecule is COC(=O)c1ccc(OC(=O)c2cccc(C)c2[N+](=O)[O-])cc1. The maximum absolute atomic E-state index is 12.1. The van der Waals surface area contributed by atoms with Gasteiger partial charge in [-0.2, -0.15) is 0 Å². The number of nitro benzene ring substituents is 1. The van der Waals surface area contributed by atoms with Crippen LogP contribution >= 0.6 is 0 Å². The van der Waals surface area contributed by atoms with Gasteiger partial charge in [0.15, 0.2) is 0 Å². The molecule has 0 atom stereocenters. The Morgan fingerprint density at radius 3 is 2.26 bits per heavy atom. The molecule has 0 saturated heterocycles. The number of carbonyl (C=O) groups is 2. The van der Waals surface area contributed by atoms with Gasteiger partial charge in [0.25, 0.3) is 5.69 Å². The van der Waals surface area contributed by atoms with Crippen molar-refractivity contribution >= 4 is 17.6 Å². The van der Waals surface area contributed by atoms with E-state index in [2.05, 4.69) is 4.74 Å². The number of aryl methyl sites for hydroxylation is 1. The molecule has 0 amide bonds. The van der Waals surface area contributed by atoms with Crippen molar-refractivity contribution in [1.82, 2.24) is 0 Å². The Bertz CT molecular complexity index is 767. The van der Waals surface area contributed by atoms with Gasteiger partial charge in [-0.1, -0.05) is 12.1 Å². The average molecular weight is 315 g/mol. The van der Waals surface area contributed by atoms with E-state index in [1.165, 1.54) is 37.4 Å². The molecule has 7 heteroatoms. The number of hydrogen-bond acceptors (Lipinski definition) is 6. The summed E-state index contributed by atoms with van der Waals surface area (Å²) in [5, 5.41) is 11.1. The number of nitrogens with zero attached hydrogens (tertiary/aromatic N) is 1. The molecule has 0 aliphatic carbocycles. The van der Waals surface area contributed by atoms with Gasteiger partial charge in [0.2, 0.25) is 0 Å². The topological polar surface area (TPSA) is 95.7 Å². The summed E-state index contributed by atoms with van der Waals surface area (Å²) in [6, 6.07) is 10.1. The number of para-hydroxylation sites is 1. The lowest BCUT2D eigenvalue weighted by atomic mass is 10.1. The van der Waals surface area contributed by atoms with Crippen molar-refractivity contribution in [2.24, 2.45) is 0 Å². The van der Waals surface area contributed by atoms with E-state index >= 15 is 0 Å². The minimum atomic E-state index is -0.841. The highest BCUT2D eigenvalue weighted by Gasteiger charge is 2.24. The van der Waals surface area contributed by atoms with Crippen molar-refractivity contribution in [3.63, 3.8) is 0 Å². The van der Waals surface area contributed by atoms with Crippen molar-refractivity contribution in [3.8, 4) is 5.75 Å². The van der Waals surface area contributed by atoms with Gasteiger partial charge in [0.05, 0.1) is 17.6 Å². The van der Waals surface area contributed by atoms with Gasteiger partial charge in [-0.15, -0.1) is 0 Å². The second-order valence-corrected chi connectivity index (χ2v) is 4.63. The van der Waals surface area contributed by atoms with Gasteiger partial charge in [0, 0.05) is 5.56 Å². The summed E-state index contributed by atoms with van der Waals surface area (Å²) in [4.78, 5) is 33.9. The van der Waals surface area contributed by atoms with E-state index in [1.807, 2.05) is 0 Å². The van der Waals surface area contributed by atoms with Gasteiger partial charge >= 0.3 is 11.9 Å². The molecule has 0 bridgehead atoms. The predicted octanol–water partition coefficient (Wildman–Crippen LogP) is 2.91. The molecule has 23 heavy (non-hydrogen) atoms. The van der Waals surface area contributed by atoms with E-state index in [9.17, 15) is 19.7 Å². The van der Waals surface area contributed by atoms with Crippen molar-refractivity contribution in [2.45, 2.75) is 6.92 Å². The van der Waals surface area contributed by atoms with Crippen LogP contribution in [0.15, 0.2) is 42.5 Å². The van der Waals surface area contributed by atoms with Gasteiger partial charge in [-0.3, -0.25) is 10.1 Å². The second kappa shape index (κ2) is 6.69. The molecule has 0 aliphatic heterocycles. The number of benzene rings is 2. The van der Waals surface area contributed by atoms with Crippen LogP contribution in [0.1, 0.15) is 26.3 Å². The molecular weight excluding hydrogens is 302 g/mol. The van der Waals surface area contributed by atoms with Crippen LogP contribution in [0.3, 0.4) is 0 Å². The van der Waals surface area contributed by atoms with Crippen LogP contribution in [-0.4, -0.2) is 24.0 Å². The summed E-state index contributed by atoms with van der Waals surface area (Å²) >= 11 is 0. The number of esters is 2. The third-order valence-electron chi connectivity index (χ3n) is 3.13. The number of rotatable bonds is 4. The quantitative estimate of drug-likeness (QED) is 0.372. The zero-order chi connectivity index (χ0) is 17.0. The summed E-state index contributed by atoms with van der Waals surface area (Å²) in [6.45, 7) is 1.54. The maximum Gasteiger partial charge on any atom is 0.350 e. The van der Waals surface area contributed by atoms with Crippen molar-refractivity contribution in [2.75, 3.05) is 7.11 Å². The normalized spacial score (nSPS) is 10.0. The lowest BCUT2D eigenvalue weighted by Crippen LogP contribution is -2.12. The van der Waals surface area contributed by atoms with E-state index < -0.39 is 16.9 Å². The zero-order valence-corrected chi connectivity index (χ0v) is 12.4. The Morgan fingerprint density at radius 1 is 1.04 bits per heavy atom.